The maximum Gasteiger partial charge on any atom is 0.223 e. The van der Waals surface area contributed by atoms with E-state index >= 15 is 0 Å². The summed E-state index contributed by atoms with van der Waals surface area (Å²) in [4.78, 5) is 22.7. The number of aliphatic hydroxyl groups excluding tert-OH is 1. The van der Waals surface area contributed by atoms with Crippen LogP contribution in [0.25, 0.3) is 0 Å². The number of rotatable bonds is 8. The molecule has 0 amide bonds. The molecule has 7 unspecified atom stereocenters. The van der Waals surface area contributed by atoms with E-state index in [2.05, 4.69) is 0 Å². The first-order valence-electron chi connectivity index (χ1n) is 8.78. The lowest BCUT2D eigenvalue weighted by Crippen LogP contribution is -2.84. The van der Waals surface area contributed by atoms with Crippen LogP contribution in [0.4, 0.5) is 0 Å². The fourth-order valence-corrected chi connectivity index (χ4v) is 3.17. The number of ether oxygens (including phenoxy) is 3. The van der Waals surface area contributed by atoms with Gasteiger partial charge in [0, 0.05) is 0 Å². The summed E-state index contributed by atoms with van der Waals surface area (Å²) >= 11 is 0. The monoisotopic (exact) mass is 408 g/mol. The number of aliphatic hydroxyl groups is 5. The normalized spacial score (nSPS) is 45.7. The topological polar surface area (TPSA) is 163 Å². The van der Waals surface area contributed by atoms with Gasteiger partial charge in [0.25, 0.3) is 0 Å². The zero-order valence-electron chi connectivity index (χ0n) is 17.3. The molecular weight excluding hydrogens is 376 g/mol. The minimum Gasteiger partial charge on any atom is -0.393 e. The Bertz CT molecular complexity index is 613. The van der Waals surface area contributed by atoms with E-state index in [1.807, 2.05) is 0 Å². The molecule has 0 bridgehead atoms. The van der Waals surface area contributed by atoms with Crippen LogP contribution in [-0.4, -0.2) is 90.9 Å². The quantitative estimate of drug-likeness (QED) is 0.239. The summed E-state index contributed by atoms with van der Waals surface area (Å²) in [6.07, 6.45) is 0.553. The molecule has 1 saturated heterocycles. The zero-order chi connectivity index (χ0) is 22.4. The molecule has 0 aromatic rings. The molecular formula is C18H32O10. The average molecular weight is 408 g/mol. The molecule has 1 heterocycles. The van der Waals surface area contributed by atoms with Crippen molar-refractivity contribution >= 4 is 12.6 Å². The fraction of sp³-hybridized carbons (Fsp3) is 0.889. The van der Waals surface area contributed by atoms with Crippen molar-refractivity contribution in [1.82, 2.24) is 0 Å². The van der Waals surface area contributed by atoms with Gasteiger partial charge < -0.3 is 44.5 Å². The van der Waals surface area contributed by atoms with Gasteiger partial charge in [0.2, 0.25) is 5.79 Å². The van der Waals surface area contributed by atoms with Crippen molar-refractivity contribution in [3.63, 3.8) is 0 Å². The highest BCUT2D eigenvalue weighted by Gasteiger charge is 2.74. The minimum atomic E-state index is -2.31. The molecule has 164 valence electrons. The van der Waals surface area contributed by atoms with Crippen LogP contribution < -0.4 is 0 Å². The minimum absolute atomic E-state index is 0.248. The highest BCUT2D eigenvalue weighted by atomic mass is 16.7. The SMILES string of the molecule is CC(C=O)(CO)OC(C)(C=O)OCC1(C)OC(C)(O)C(C)(O)C(C)(O)C1(C)O. The molecule has 0 aromatic carbocycles. The molecule has 28 heavy (non-hydrogen) atoms. The second-order valence-electron chi connectivity index (χ2n) is 8.65. The Morgan fingerprint density at radius 3 is 1.79 bits per heavy atom. The van der Waals surface area contributed by atoms with E-state index in [0.29, 0.717) is 6.29 Å². The number of hydrogen-bond donors (Lipinski definition) is 5. The first-order valence-corrected chi connectivity index (χ1v) is 8.78. The molecule has 0 radical (unpaired) electrons. The van der Waals surface area contributed by atoms with Gasteiger partial charge in [0.1, 0.15) is 28.0 Å². The van der Waals surface area contributed by atoms with Crippen molar-refractivity contribution in [1.29, 1.82) is 0 Å². The van der Waals surface area contributed by atoms with Crippen molar-refractivity contribution in [3.8, 4) is 0 Å². The van der Waals surface area contributed by atoms with Gasteiger partial charge in [-0.2, -0.15) is 0 Å². The van der Waals surface area contributed by atoms with Gasteiger partial charge in [0.05, 0.1) is 13.2 Å². The zero-order valence-corrected chi connectivity index (χ0v) is 17.3. The Hall–Kier alpha value is -0.980. The summed E-state index contributed by atoms with van der Waals surface area (Å²) in [5.74, 6) is -4.34. The van der Waals surface area contributed by atoms with Crippen LogP contribution >= 0.6 is 0 Å². The second-order valence-corrected chi connectivity index (χ2v) is 8.65. The lowest BCUT2D eigenvalue weighted by atomic mass is 9.61. The van der Waals surface area contributed by atoms with Crippen LogP contribution in [0.2, 0.25) is 0 Å². The Labute approximate surface area is 164 Å². The van der Waals surface area contributed by atoms with Crippen molar-refractivity contribution in [2.75, 3.05) is 13.2 Å². The third kappa shape index (κ3) is 3.63. The summed E-state index contributed by atoms with van der Waals surface area (Å²) in [7, 11) is 0. The number of carbonyl (C=O) groups is 2. The molecule has 0 aliphatic carbocycles. The third-order valence-corrected chi connectivity index (χ3v) is 6.10. The van der Waals surface area contributed by atoms with Gasteiger partial charge in [-0.3, -0.25) is 4.79 Å². The average Bonchev–Trinajstić information content (AvgIpc) is 2.58. The molecule has 1 aliphatic heterocycles. The van der Waals surface area contributed by atoms with E-state index in [-0.39, 0.29) is 6.29 Å². The molecule has 10 heteroatoms. The summed E-state index contributed by atoms with van der Waals surface area (Å²) in [5.41, 5.74) is -10.3. The molecule has 1 fully saturated rings. The van der Waals surface area contributed by atoms with E-state index in [1.54, 1.807) is 0 Å². The van der Waals surface area contributed by atoms with Gasteiger partial charge in [0.15, 0.2) is 18.4 Å². The predicted molar refractivity (Wildman–Crippen MR) is 95.0 cm³/mol. The Morgan fingerprint density at radius 1 is 0.893 bits per heavy atom. The highest BCUT2D eigenvalue weighted by molar-refractivity contribution is 5.65. The van der Waals surface area contributed by atoms with E-state index in [1.165, 1.54) is 27.7 Å². The van der Waals surface area contributed by atoms with Gasteiger partial charge in [-0.15, -0.1) is 0 Å². The summed E-state index contributed by atoms with van der Waals surface area (Å²) in [5, 5.41) is 52.4. The molecule has 0 aromatic heterocycles. The first kappa shape index (κ1) is 25.1. The molecule has 0 saturated carbocycles. The van der Waals surface area contributed by atoms with Gasteiger partial charge in [-0.25, -0.2) is 0 Å². The molecule has 0 spiro atoms. The molecule has 1 aliphatic rings. The summed E-state index contributed by atoms with van der Waals surface area (Å²) in [6, 6.07) is 0. The van der Waals surface area contributed by atoms with Gasteiger partial charge in [-0.05, 0) is 48.5 Å². The lowest BCUT2D eigenvalue weighted by Gasteiger charge is -2.64. The van der Waals surface area contributed by atoms with E-state index in [0.717, 1.165) is 20.8 Å². The Morgan fingerprint density at radius 2 is 1.39 bits per heavy atom. The van der Waals surface area contributed by atoms with E-state index < -0.39 is 52.8 Å². The largest absolute Gasteiger partial charge is 0.393 e. The number of aldehydes is 2. The summed E-state index contributed by atoms with van der Waals surface area (Å²) < 4.78 is 16.3. The number of hydrogen-bond acceptors (Lipinski definition) is 10. The van der Waals surface area contributed by atoms with Crippen LogP contribution in [0.15, 0.2) is 0 Å². The van der Waals surface area contributed by atoms with E-state index in [9.17, 15) is 35.1 Å². The molecule has 10 nitrogen and oxygen atoms in total. The second kappa shape index (κ2) is 7.06. The smallest absolute Gasteiger partial charge is 0.223 e. The first-order chi connectivity index (χ1) is 12.3. The maximum atomic E-state index is 11.5. The van der Waals surface area contributed by atoms with Crippen molar-refractivity contribution in [2.45, 2.75) is 88.0 Å². The van der Waals surface area contributed by atoms with Crippen LogP contribution in [0.5, 0.6) is 0 Å². The standard InChI is InChI=1S/C18H32O10/c1-12(8-19,9-20)27-14(3,10-21)26-11-13(2)15(4,22)16(5,23)17(6,24)18(7,25)28-13/h8,10,20,22-25H,9,11H2,1-7H3. The highest BCUT2D eigenvalue weighted by Crippen LogP contribution is 2.52. The van der Waals surface area contributed by atoms with Crippen LogP contribution in [-0.2, 0) is 23.8 Å². The number of carbonyl (C=O) groups excluding carboxylic acids is 2. The maximum absolute atomic E-state index is 11.5. The van der Waals surface area contributed by atoms with Gasteiger partial charge >= 0.3 is 0 Å². The lowest BCUT2D eigenvalue weighted by molar-refractivity contribution is -0.453. The third-order valence-electron chi connectivity index (χ3n) is 6.10. The van der Waals surface area contributed by atoms with Crippen molar-refractivity contribution < 1.29 is 49.3 Å². The van der Waals surface area contributed by atoms with Crippen LogP contribution in [0, 0.1) is 0 Å². The molecule has 7 atom stereocenters. The van der Waals surface area contributed by atoms with Crippen LogP contribution in [0.3, 0.4) is 0 Å². The molecule has 5 N–H and O–H groups in total. The predicted octanol–water partition coefficient (Wildman–Crippen LogP) is -1.36. The van der Waals surface area contributed by atoms with E-state index in [4.69, 9.17) is 14.2 Å². The fourth-order valence-electron chi connectivity index (χ4n) is 3.17. The van der Waals surface area contributed by atoms with Gasteiger partial charge in [-0.1, -0.05) is 0 Å². The Balaban J connectivity index is 3.25. The van der Waals surface area contributed by atoms with Crippen molar-refractivity contribution in [2.24, 2.45) is 0 Å². The van der Waals surface area contributed by atoms with Crippen LogP contribution in [0.1, 0.15) is 48.5 Å². The summed E-state index contributed by atoms with van der Waals surface area (Å²) in [6.45, 7) is 6.95. The molecule has 1 rings (SSSR count). The Kier molecular flexibility index (Phi) is 6.32. The van der Waals surface area contributed by atoms with Crippen molar-refractivity contribution in [3.05, 3.63) is 0 Å².